The molecule has 4 heteroatoms. The molecule has 1 unspecified atom stereocenters. The highest BCUT2D eigenvalue weighted by molar-refractivity contribution is 5.78. The third-order valence-corrected chi connectivity index (χ3v) is 3.60. The summed E-state index contributed by atoms with van der Waals surface area (Å²) in [5.74, 6) is 6.67. The molecular weight excluding hydrogens is 219 g/mol. The van der Waals surface area contributed by atoms with Gasteiger partial charge in [0.25, 0.3) is 0 Å². The topological polar surface area (TPSA) is 51.2 Å². The van der Waals surface area contributed by atoms with Crippen LogP contribution < -0.4 is 11.3 Å². The Hall–Kier alpha value is -1.39. The van der Waals surface area contributed by atoms with E-state index in [1.165, 1.54) is 31.4 Å². The molecule has 2 aromatic rings. The third-order valence-electron chi connectivity index (χ3n) is 3.60. The molecule has 0 bridgehead atoms. The Morgan fingerprint density at radius 1 is 1.35 bits per heavy atom. The zero-order valence-electron chi connectivity index (χ0n) is 9.45. The first kappa shape index (κ1) is 10.7. The number of hydrogen-bond donors (Lipinski definition) is 2. The first-order valence-electron chi connectivity index (χ1n) is 5.93. The fraction of sp³-hybridized carbons (Fsp3) is 0.385. The minimum absolute atomic E-state index is 0.0409. The quantitative estimate of drug-likeness (QED) is 0.634. The Kier molecular flexibility index (Phi) is 2.61. The van der Waals surface area contributed by atoms with E-state index in [2.05, 4.69) is 5.43 Å². The monoisotopic (exact) mass is 234 g/mol. The standard InChI is InChI=1S/C13H15FN2O/c14-10-4-5-11-9(6-10)7-12(17-11)13(16-15)8-2-1-3-8/h4-8,13,16H,1-3,15H2. The molecule has 1 saturated carbocycles. The van der Waals surface area contributed by atoms with Gasteiger partial charge in [0.05, 0.1) is 6.04 Å². The van der Waals surface area contributed by atoms with E-state index < -0.39 is 0 Å². The number of nitrogens with two attached hydrogens (primary N) is 1. The lowest BCUT2D eigenvalue weighted by Crippen LogP contribution is -2.36. The highest BCUT2D eigenvalue weighted by atomic mass is 19.1. The summed E-state index contributed by atoms with van der Waals surface area (Å²) in [6.45, 7) is 0. The maximum Gasteiger partial charge on any atom is 0.134 e. The van der Waals surface area contributed by atoms with Crippen molar-refractivity contribution < 1.29 is 8.81 Å². The van der Waals surface area contributed by atoms with Gasteiger partial charge in [0.1, 0.15) is 17.2 Å². The van der Waals surface area contributed by atoms with Crippen molar-refractivity contribution in [1.29, 1.82) is 0 Å². The van der Waals surface area contributed by atoms with Crippen LogP contribution in [0.5, 0.6) is 0 Å². The molecule has 3 N–H and O–H groups in total. The number of fused-ring (bicyclic) bond motifs is 1. The highest BCUT2D eigenvalue weighted by Crippen LogP contribution is 2.38. The van der Waals surface area contributed by atoms with Crippen LogP contribution in [0.2, 0.25) is 0 Å². The summed E-state index contributed by atoms with van der Waals surface area (Å²) in [6, 6.07) is 6.46. The van der Waals surface area contributed by atoms with E-state index in [1.807, 2.05) is 6.07 Å². The number of hydrazine groups is 1. The number of rotatable bonds is 3. The molecule has 1 aromatic heterocycles. The van der Waals surface area contributed by atoms with E-state index in [0.29, 0.717) is 11.5 Å². The minimum Gasteiger partial charge on any atom is -0.459 e. The first-order chi connectivity index (χ1) is 8.28. The summed E-state index contributed by atoms with van der Waals surface area (Å²) in [4.78, 5) is 0. The summed E-state index contributed by atoms with van der Waals surface area (Å²) in [6.07, 6.45) is 3.58. The Morgan fingerprint density at radius 3 is 2.82 bits per heavy atom. The van der Waals surface area contributed by atoms with Gasteiger partial charge in [-0.05, 0) is 43.0 Å². The SMILES string of the molecule is NNC(c1cc2cc(F)ccc2o1)C1CCC1. The molecule has 1 atom stereocenters. The molecule has 3 nitrogen and oxygen atoms in total. The van der Waals surface area contributed by atoms with Crippen molar-refractivity contribution in [2.45, 2.75) is 25.3 Å². The van der Waals surface area contributed by atoms with Crippen molar-refractivity contribution in [1.82, 2.24) is 5.43 Å². The molecule has 0 radical (unpaired) electrons. The lowest BCUT2D eigenvalue weighted by molar-refractivity contribution is 0.211. The number of furan rings is 1. The van der Waals surface area contributed by atoms with Crippen LogP contribution in [0, 0.1) is 11.7 Å². The lowest BCUT2D eigenvalue weighted by atomic mass is 9.79. The van der Waals surface area contributed by atoms with Gasteiger partial charge in [-0.1, -0.05) is 6.42 Å². The van der Waals surface area contributed by atoms with E-state index >= 15 is 0 Å². The van der Waals surface area contributed by atoms with E-state index in [1.54, 1.807) is 6.07 Å². The zero-order chi connectivity index (χ0) is 11.8. The fourth-order valence-electron chi connectivity index (χ4n) is 2.41. The number of benzene rings is 1. The van der Waals surface area contributed by atoms with Gasteiger partial charge in [-0.3, -0.25) is 5.84 Å². The van der Waals surface area contributed by atoms with Crippen molar-refractivity contribution in [2.75, 3.05) is 0 Å². The van der Waals surface area contributed by atoms with Gasteiger partial charge in [-0.15, -0.1) is 0 Å². The van der Waals surface area contributed by atoms with Crippen molar-refractivity contribution in [2.24, 2.45) is 11.8 Å². The van der Waals surface area contributed by atoms with Crippen molar-refractivity contribution in [3.63, 3.8) is 0 Å². The number of hydrogen-bond acceptors (Lipinski definition) is 3. The van der Waals surface area contributed by atoms with Crippen LogP contribution in [-0.2, 0) is 0 Å². The Bertz CT molecular complexity index is 533. The van der Waals surface area contributed by atoms with Gasteiger partial charge in [-0.25, -0.2) is 9.82 Å². The molecule has 1 heterocycles. The first-order valence-corrected chi connectivity index (χ1v) is 5.93. The van der Waals surface area contributed by atoms with Crippen LogP contribution in [0.25, 0.3) is 11.0 Å². The predicted octanol–water partition coefficient (Wildman–Crippen LogP) is 2.88. The van der Waals surface area contributed by atoms with Gasteiger partial charge < -0.3 is 4.42 Å². The van der Waals surface area contributed by atoms with Crippen molar-refractivity contribution >= 4 is 11.0 Å². The summed E-state index contributed by atoms with van der Waals surface area (Å²) in [5, 5.41) is 0.791. The van der Waals surface area contributed by atoms with E-state index in [0.717, 1.165) is 11.1 Å². The molecule has 0 amide bonds. The van der Waals surface area contributed by atoms with Gasteiger partial charge >= 0.3 is 0 Å². The third kappa shape index (κ3) is 1.83. The van der Waals surface area contributed by atoms with E-state index in [4.69, 9.17) is 10.3 Å². The molecule has 3 rings (SSSR count). The average Bonchev–Trinajstić information content (AvgIpc) is 2.65. The number of nitrogens with one attached hydrogen (secondary N) is 1. The van der Waals surface area contributed by atoms with Crippen LogP contribution >= 0.6 is 0 Å². The van der Waals surface area contributed by atoms with Gasteiger partial charge in [0, 0.05) is 5.39 Å². The van der Waals surface area contributed by atoms with Crippen molar-refractivity contribution in [3.05, 3.63) is 35.8 Å². The molecule has 17 heavy (non-hydrogen) atoms. The second-order valence-corrected chi connectivity index (χ2v) is 4.67. The van der Waals surface area contributed by atoms with Gasteiger partial charge in [0.15, 0.2) is 0 Å². The van der Waals surface area contributed by atoms with Crippen LogP contribution in [0.15, 0.2) is 28.7 Å². The van der Waals surface area contributed by atoms with Crippen LogP contribution in [-0.4, -0.2) is 0 Å². The molecule has 1 aliphatic carbocycles. The molecule has 0 aliphatic heterocycles. The summed E-state index contributed by atoms with van der Waals surface area (Å²) >= 11 is 0. The largest absolute Gasteiger partial charge is 0.459 e. The molecule has 1 aromatic carbocycles. The van der Waals surface area contributed by atoms with Crippen LogP contribution in [0.1, 0.15) is 31.1 Å². The Balaban J connectivity index is 1.98. The maximum atomic E-state index is 13.1. The van der Waals surface area contributed by atoms with E-state index in [9.17, 15) is 4.39 Å². The second-order valence-electron chi connectivity index (χ2n) is 4.67. The molecule has 1 fully saturated rings. The Morgan fingerprint density at radius 2 is 2.18 bits per heavy atom. The summed E-state index contributed by atoms with van der Waals surface area (Å²) in [7, 11) is 0. The smallest absolute Gasteiger partial charge is 0.134 e. The average molecular weight is 234 g/mol. The van der Waals surface area contributed by atoms with Gasteiger partial charge in [0.2, 0.25) is 0 Å². The van der Waals surface area contributed by atoms with Crippen molar-refractivity contribution in [3.8, 4) is 0 Å². The normalized spacial score (nSPS) is 18.2. The van der Waals surface area contributed by atoms with Gasteiger partial charge in [-0.2, -0.15) is 0 Å². The molecule has 0 spiro atoms. The number of halogens is 1. The molecular formula is C13H15FN2O. The molecule has 1 aliphatic rings. The molecule has 90 valence electrons. The second kappa shape index (κ2) is 4.13. The van der Waals surface area contributed by atoms with Crippen LogP contribution in [0.4, 0.5) is 4.39 Å². The lowest BCUT2D eigenvalue weighted by Gasteiger charge is -2.31. The minimum atomic E-state index is -0.245. The summed E-state index contributed by atoms with van der Waals surface area (Å²) < 4.78 is 18.8. The predicted molar refractivity (Wildman–Crippen MR) is 63.6 cm³/mol. The molecule has 0 saturated heterocycles. The Labute approximate surface area is 98.8 Å². The van der Waals surface area contributed by atoms with E-state index in [-0.39, 0.29) is 11.9 Å². The summed E-state index contributed by atoms with van der Waals surface area (Å²) in [5.41, 5.74) is 3.52. The zero-order valence-corrected chi connectivity index (χ0v) is 9.45. The fourth-order valence-corrected chi connectivity index (χ4v) is 2.41. The maximum absolute atomic E-state index is 13.1. The highest BCUT2D eigenvalue weighted by Gasteiger charge is 2.30. The van der Waals surface area contributed by atoms with Crippen LogP contribution in [0.3, 0.4) is 0 Å².